The van der Waals surface area contributed by atoms with E-state index in [9.17, 15) is 4.79 Å². The molecule has 5 nitrogen and oxygen atoms in total. The zero-order valence-corrected chi connectivity index (χ0v) is 15.1. The Morgan fingerprint density at radius 1 is 1.30 bits per heavy atom. The topological polar surface area (TPSA) is 48.0 Å². The first-order valence-electron chi connectivity index (χ1n) is 7.99. The molecule has 0 radical (unpaired) electrons. The molecule has 0 N–H and O–H groups in total. The van der Waals surface area contributed by atoms with Crippen LogP contribution >= 0.6 is 15.9 Å². The molecule has 2 aliphatic heterocycles. The lowest BCUT2D eigenvalue weighted by Gasteiger charge is -2.38. The number of piperidine rings is 1. The Kier molecular flexibility index (Phi) is 4.94. The smallest absolute Gasteiger partial charge is 0.263 e. The second kappa shape index (κ2) is 6.79. The van der Waals surface area contributed by atoms with Crippen LogP contribution in [0.3, 0.4) is 0 Å². The highest BCUT2D eigenvalue weighted by Gasteiger charge is 2.41. The number of likely N-dealkylation sites (tertiary alicyclic amines) is 1. The molecule has 1 spiro atoms. The fourth-order valence-electron chi connectivity index (χ4n) is 3.05. The van der Waals surface area contributed by atoms with Gasteiger partial charge in [-0.25, -0.2) is 0 Å². The average Bonchev–Trinajstić information content (AvgIpc) is 2.98. The molecule has 2 aliphatic rings. The van der Waals surface area contributed by atoms with Crippen LogP contribution in [-0.4, -0.2) is 49.0 Å². The summed E-state index contributed by atoms with van der Waals surface area (Å²) in [6, 6.07) is 5.83. The predicted octanol–water partition coefficient (Wildman–Crippen LogP) is 2.89. The van der Waals surface area contributed by atoms with E-state index in [0.29, 0.717) is 32.1 Å². The van der Waals surface area contributed by atoms with Gasteiger partial charge in [0.05, 0.1) is 17.7 Å². The zero-order chi connectivity index (χ0) is 16.4. The minimum atomic E-state index is -0.520. The SMILES string of the molecule is Cc1ccc(OC(C)C(=O)N2CCC3(CC2)OCCO3)c(Br)c1. The Morgan fingerprint density at radius 3 is 2.57 bits per heavy atom. The quantitative estimate of drug-likeness (QED) is 0.804. The molecule has 2 saturated heterocycles. The summed E-state index contributed by atoms with van der Waals surface area (Å²) in [5, 5.41) is 0. The number of aryl methyl sites for hydroxylation is 1. The normalized spacial score (nSPS) is 21.4. The van der Waals surface area contributed by atoms with Gasteiger partial charge in [-0.2, -0.15) is 0 Å². The third-order valence-corrected chi connectivity index (χ3v) is 5.01. The van der Waals surface area contributed by atoms with E-state index in [1.807, 2.05) is 30.0 Å². The van der Waals surface area contributed by atoms with Crippen molar-refractivity contribution in [2.24, 2.45) is 0 Å². The Hall–Kier alpha value is -1.11. The molecule has 1 amide bonds. The molecule has 0 aromatic heterocycles. The number of nitrogens with zero attached hydrogens (tertiary/aromatic N) is 1. The highest BCUT2D eigenvalue weighted by atomic mass is 79.9. The maximum Gasteiger partial charge on any atom is 0.263 e. The van der Waals surface area contributed by atoms with Gasteiger partial charge >= 0.3 is 0 Å². The largest absolute Gasteiger partial charge is 0.480 e. The number of benzene rings is 1. The average molecular weight is 384 g/mol. The van der Waals surface area contributed by atoms with E-state index in [2.05, 4.69) is 15.9 Å². The van der Waals surface area contributed by atoms with E-state index in [1.54, 1.807) is 6.92 Å². The van der Waals surface area contributed by atoms with Crippen molar-refractivity contribution in [1.29, 1.82) is 0 Å². The number of carbonyl (C=O) groups excluding carboxylic acids is 1. The minimum absolute atomic E-state index is 0.00493. The molecule has 0 aliphatic carbocycles. The van der Waals surface area contributed by atoms with Crippen LogP contribution in [0.25, 0.3) is 0 Å². The summed E-state index contributed by atoms with van der Waals surface area (Å²) in [7, 11) is 0. The second-order valence-corrected chi connectivity index (χ2v) is 6.98. The van der Waals surface area contributed by atoms with Crippen molar-refractivity contribution in [3.8, 4) is 5.75 Å². The van der Waals surface area contributed by atoms with E-state index in [0.717, 1.165) is 22.9 Å². The van der Waals surface area contributed by atoms with Crippen molar-refractivity contribution in [2.75, 3.05) is 26.3 Å². The summed E-state index contributed by atoms with van der Waals surface area (Å²) < 4.78 is 18.1. The summed E-state index contributed by atoms with van der Waals surface area (Å²) in [6.07, 6.45) is 0.924. The van der Waals surface area contributed by atoms with Gasteiger partial charge in [0, 0.05) is 25.9 Å². The van der Waals surface area contributed by atoms with Crippen LogP contribution in [0, 0.1) is 6.92 Å². The lowest BCUT2D eigenvalue weighted by molar-refractivity contribution is -0.188. The van der Waals surface area contributed by atoms with E-state index in [-0.39, 0.29) is 5.91 Å². The van der Waals surface area contributed by atoms with Crippen LogP contribution < -0.4 is 4.74 Å². The Bertz CT molecular complexity index is 576. The summed E-state index contributed by atoms with van der Waals surface area (Å²) >= 11 is 3.48. The number of carbonyl (C=O) groups is 1. The van der Waals surface area contributed by atoms with Gasteiger partial charge in [0.15, 0.2) is 11.9 Å². The molecule has 3 rings (SSSR count). The first kappa shape index (κ1) is 16.7. The Labute approximate surface area is 145 Å². The van der Waals surface area contributed by atoms with E-state index in [1.165, 1.54) is 0 Å². The van der Waals surface area contributed by atoms with Gasteiger partial charge in [-0.15, -0.1) is 0 Å². The Morgan fingerprint density at radius 2 is 1.96 bits per heavy atom. The first-order chi connectivity index (χ1) is 11.0. The summed E-state index contributed by atoms with van der Waals surface area (Å²) in [6.45, 7) is 6.38. The minimum Gasteiger partial charge on any atom is -0.480 e. The highest BCUT2D eigenvalue weighted by molar-refractivity contribution is 9.10. The molecule has 2 fully saturated rings. The molecule has 1 aromatic carbocycles. The van der Waals surface area contributed by atoms with Crippen molar-refractivity contribution in [3.63, 3.8) is 0 Å². The van der Waals surface area contributed by atoms with Crippen molar-refractivity contribution in [3.05, 3.63) is 28.2 Å². The monoisotopic (exact) mass is 383 g/mol. The van der Waals surface area contributed by atoms with Crippen molar-refractivity contribution in [2.45, 2.75) is 38.6 Å². The van der Waals surface area contributed by atoms with Gasteiger partial charge < -0.3 is 19.1 Å². The molecular formula is C17H22BrNO4. The molecule has 0 bridgehead atoms. The van der Waals surface area contributed by atoms with E-state index in [4.69, 9.17) is 14.2 Å². The van der Waals surface area contributed by atoms with Gasteiger partial charge in [-0.1, -0.05) is 6.07 Å². The maximum absolute atomic E-state index is 12.6. The van der Waals surface area contributed by atoms with Crippen LogP contribution in [0.15, 0.2) is 22.7 Å². The number of hydrogen-bond donors (Lipinski definition) is 0. The number of amides is 1. The fourth-order valence-corrected chi connectivity index (χ4v) is 3.64. The van der Waals surface area contributed by atoms with Gasteiger partial charge in [-0.3, -0.25) is 4.79 Å². The summed E-state index contributed by atoms with van der Waals surface area (Å²) in [5.74, 6) is 0.235. The van der Waals surface area contributed by atoms with Gasteiger partial charge in [0.1, 0.15) is 5.75 Å². The third-order valence-electron chi connectivity index (χ3n) is 4.39. The highest BCUT2D eigenvalue weighted by Crippen LogP contribution is 2.32. The lowest BCUT2D eigenvalue weighted by atomic mass is 10.0. The predicted molar refractivity (Wildman–Crippen MR) is 89.4 cm³/mol. The lowest BCUT2D eigenvalue weighted by Crippen LogP contribution is -2.50. The first-order valence-corrected chi connectivity index (χ1v) is 8.78. The van der Waals surface area contributed by atoms with Crippen LogP contribution in [0.5, 0.6) is 5.75 Å². The number of hydrogen-bond acceptors (Lipinski definition) is 4. The third kappa shape index (κ3) is 3.70. The van der Waals surface area contributed by atoms with Gasteiger partial charge in [0.25, 0.3) is 5.91 Å². The van der Waals surface area contributed by atoms with Crippen LogP contribution in [0.4, 0.5) is 0 Å². The van der Waals surface area contributed by atoms with E-state index < -0.39 is 11.9 Å². The van der Waals surface area contributed by atoms with Gasteiger partial charge in [0.2, 0.25) is 0 Å². The Balaban J connectivity index is 1.57. The van der Waals surface area contributed by atoms with Crippen molar-refractivity contribution >= 4 is 21.8 Å². The number of ether oxygens (including phenoxy) is 3. The molecule has 0 saturated carbocycles. The molecule has 23 heavy (non-hydrogen) atoms. The summed E-state index contributed by atoms with van der Waals surface area (Å²) in [4.78, 5) is 14.4. The molecule has 1 unspecified atom stereocenters. The standard InChI is InChI=1S/C17H22BrNO4/c1-12-3-4-15(14(18)11-12)23-13(2)16(20)19-7-5-17(6-8-19)21-9-10-22-17/h3-4,11,13H,5-10H2,1-2H3. The molecule has 126 valence electrons. The zero-order valence-electron chi connectivity index (χ0n) is 13.5. The van der Waals surface area contributed by atoms with E-state index >= 15 is 0 Å². The molecule has 2 heterocycles. The molecule has 6 heteroatoms. The summed E-state index contributed by atoms with van der Waals surface area (Å²) in [5.41, 5.74) is 1.14. The molecule has 1 atom stereocenters. The fraction of sp³-hybridized carbons (Fsp3) is 0.588. The van der Waals surface area contributed by atoms with Crippen molar-refractivity contribution in [1.82, 2.24) is 4.90 Å². The molecular weight excluding hydrogens is 362 g/mol. The number of rotatable bonds is 3. The van der Waals surface area contributed by atoms with Crippen LogP contribution in [0.2, 0.25) is 0 Å². The second-order valence-electron chi connectivity index (χ2n) is 6.13. The van der Waals surface area contributed by atoms with Crippen LogP contribution in [-0.2, 0) is 14.3 Å². The van der Waals surface area contributed by atoms with Crippen LogP contribution in [0.1, 0.15) is 25.3 Å². The maximum atomic E-state index is 12.6. The molecule has 1 aromatic rings. The van der Waals surface area contributed by atoms with Gasteiger partial charge in [-0.05, 0) is 47.5 Å². The van der Waals surface area contributed by atoms with Crippen molar-refractivity contribution < 1.29 is 19.0 Å². The number of halogens is 1.